The maximum atomic E-state index is 13.8. The zero-order chi connectivity index (χ0) is 17.6. The van der Waals surface area contributed by atoms with E-state index in [1.807, 2.05) is 29.6 Å². The van der Waals surface area contributed by atoms with Gasteiger partial charge in [-0.2, -0.15) is 0 Å². The van der Waals surface area contributed by atoms with Gasteiger partial charge in [0, 0.05) is 35.2 Å². The highest BCUT2D eigenvalue weighted by atomic mass is 32.2. The summed E-state index contributed by atoms with van der Waals surface area (Å²) in [6.45, 7) is 0.233. The van der Waals surface area contributed by atoms with Crippen molar-refractivity contribution in [3.8, 4) is 0 Å². The number of hydrogen-bond donors (Lipinski definition) is 0. The zero-order valence-electron chi connectivity index (χ0n) is 13.7. The van der Waals surface area contributed by atoms with Crippen LogP contribution >= 0.6 is 23.1 Å². The van der Waals surface area contributed by atoms with Crippen LogP contribution in [0.5, 0.6) is 0 Å². The normalized spacial score (nSPS) is 10.6. The van der Waals surface area contributed by atoms with Crippen molar-refractivity contribution in [3.63, 3.8) is 0 Å². The lowest BCUT2D eigenvalue weighted by molar-refractivity contribution is 0.0780. The zero-order valence-corrected chi connectivity index (χ0v) is 15.3. The molecule has 0 saturated carbocycles. The van der Waals surface area contributed by atoms with Crippen molar-refractivity contribution in [3.05, 3.63) is 82.1 Å². The van der Waals surface area contributed by atoms with E-state index in [9.17, 15) is 9.18 Å². The van der Waals surface area contributed by atoms with Crippen LogP contribution in [0.4, 0.5) is 4.39 Å². The molecule has 1 aromatic heterocycles. The number of hydrogen-bond acceptors (Lipinski definition) is 4. The quantitative estimate of drug-likeness (QED) is 0.580. The van der Waals surface area contributed by atoms with E-state index in [1.165, 1.54) is 6.07 Å². The minimum absolute atomic E-state index is 0.121. The van der Waals surface area contributed by atoms with Gasteiger partial charge in [0.05, 0.1) is 16.8 Å². The van der Waals surface area contributed by atoms with E-state index in [2.05, 4.69) is 4.98 Å². The number of amides is 1. The third-order valence-corrected chi connectivity index (χ3v) is 5.43. The lowest BCUT2D eigenvalue weighted by atomic mass is 10.1. The average molecular weight is 372 g/mol. The second kappa shape index (κ2) is 8.27. The van der Waals surface area contributed by atoms with Gasteiger partial charge in [0.25, 0.3) is 5.91 Å². The van der Waals surface area contributed by atoms with Crippen LogP contribution in [0, 0.1) is 5.82 Å². The van der Waals surface area contributed by atoms with E-state index in [0.717, 1.165) is 10.6 Å². The third kappa shape index (κ3) is 4.46. The van der Waals surface area contributed by atoms with Crippen LogP contribution in [0.1, 0.15) is 21.6 Å². The number of rotatable bonds is 6. The van der Waals surface area contributed by atoms with Crippen molar-refractivity contribution in [1.82, 2.24) is 9.88 Å². The summed E-state index contributed by atoms with van der Waals surface area (Å²) >= 11 is 3.14. The first-order valence-corrected chi connectivity index (χ1v) is 9.66. The first kappa shape index (κ1) is 17.6. The first-order chi connectivity index (χ1) is 12.1. The van der Waals surface area contributed by atoms with E-state index < -0.39 is 0 Å². The molecule has 0 unspecified atom stereocenters. The average Bonchev–Trinajstić information content (AvgIpc) is 3.15. The molecule has 0 fully saturated rings. The summed E-state index contributed by atoms with van der Waals surface area (Å²) in [5, 5.41) is 2.00. The fourth-order valence-corrected chi connectivity index (χ4v) is 4.00. The Morgan fingerprint density at radius 1 is 1.20 bits per heavy atom. The van der Waals surface area contributed by atoms with Crippen molar-refractivity contribution >= 4 is 29.0 Å². The highest BCUT2D eigenvalue weighted by molar-refractivity contribution is 7.98. The Bertz CT molecular complexity index is 852. The molecule has 0 N–H and O–H groups in total. The highest BCUT2D eigenvalue weighted by Gasteiger charge is 2.17. The Hall–Kier alpha value is -2.18. The molecule has 0 radical (unpaired) electrons. The minimum Gasteiger partial charge on any atom is -0.337 e. The summed E-state index contributed by atoms with van der Waals surface area (Å²) < 4.78 is 13.8. The molecule has 1 amide bonds. The van der Waals surface area contributed by atoms with E-state index in [1.54, 1.807) is 58.8 Å². The molecule has 0 atom stereocenters. The number of thiazole rings is 1. The van der Waals surface area contributed by atoms with Gasteiger partial charge in [-0.1, -0.05) is 30.3 Å². The number of benzene rings is 2. The van der Waals surface area contributed by atoms with Crippen LogP contribution in [-0.4, -0.2) is 22.8 Å². The van der Waals surface area contributed by atoms with E-state index in [4.69, 9.17) is 0 Å². The molecule has 0 saturated heterocycles. The number of aromatic nitrogens is 1. The molecule has 0 spiro atoms. The lowest BCUT2D eigenvalue weighted by Gasteiger charge is -2.19. The number of carbonyl (C=O) groups excluding carboxylic acids is 1. The van der Waals surface area contributed by atoms with Crippen LogP contribution in [-0.2, 0) is 12.3 Å². The fourth-order valence-electron chi connectivity index (χ4n) is 2.39. The van der Waals surface area contributed by atoms with Gasteiger partial charge in [-0.3, -0.25) is 4.79 Å². The molecule has 1 heterocycles. The Morgan fingerprint density at radius 2 is 1.96 bits per heavy atom. The van der Waals surface area contributed by atoms with Gasteiger partial charge in [-0.15, -0.1) is 23.1 Å². The number of halogens is 1. The molecule has 3 rings (SSSR count). The van der Waals surface area contributed by atoms with Gasteiger partial charge in [-0.05, 0) is 18.2 Å². The lowest BCUT2D eigenvalue weighted by Crippen LogP contribution is -2.27. The van der Waals surface area contributed by atoms with Gasteiger partial charge < -0.3 is 4.90 Å². The van der Waals surface area contributed by atoms with Gasteiger partial charge in [0.1, 0.15) is 5.82 Å². The molecule has 0 aliphatic carbocycles. The molecule has 0 bridgehead atoms. The Morgan fingerprint density at radius 3 is 2.72 bits per heavy atom. The maximum Gasteiger partial charge on any atom is 0.255 e. The smallest absolute Gasteiger partial charge is 0.255 e. The van der Waals surface area contributed by atoms with E-state index >= 15 is 0 Å². The van der Waals surface area contributed by atoms with Gasteiger partial charge >= 0.3 is 0 Å². The highest BCUT2D eigenvalue weighted by Crippen LogP contribution is 2.27. The van der Waals surface area contributed by atoms with Gasteiger partial charge in [0.15, 0.2) is 0 Å². The van der Waals surface area contributed by atoms with Crippen LogP contribution in [0.25, 0.3) is 0 Å². The molecule has 6 heteroatoms. The third-order valence-electron chi connectivity index (χ3n) is 3.69. The summed E-state index contributed by atoms with van der Waals surface area (Å²) in [5.74, 6) is 0.295. The second-order valence-electron chi connectivity index (χ2n) is 5.52. The summed E-state index contributed by atoms with van der Waals surface area (Å²) in [4.78, 5) is 19.5. The van der Waals surface area contributed by atoms with Crippen LogP contribution in [0.3, 0.4) is 0 Å². The van der Waals surface area contributed by atoms with Crippen molar-refractivity contribution in [1.29, 1.82) is 0 Å². The van der Waals surface area contributed by atoms with Crippen LogP contribution < -0.4 is 0 Å². The second-order valence-corrected chi connectivity index (χ2v) is 7.25. The Labute approximate surface area is 154 Å². The van der Waals surface area contributed by atoms with E-state index in [0.29, 0.717) is 16.9 Å². The van der Waals surface area contributed by atoms with E-state index in [-0.39, 0.29) is 18.3 Å². The summed E-state index contributed by atoms with van der Waals surface area (Å²) in [6.07, 6.45) is 0. The molecule has 3 aromatic rings. The van der Waals surface area contributed by atoms with Crippen molar-refractivity contribution in [2.45, 2.75) is 17.2 Å². The standard InChI is InChI=1S/C19H17FN2OS2/c1-22(10-14-6-2-4-8-17(14)20)19(23)16-7-3-5-9-18(16)25-12-15-11-24-13-21-15/h2-9,11,13H,10,12H2,1H3. The summed E-state index contributed by atoms with van der Waals surface area (Å²) in [6, 6.07) is 14.0. The van der Waals surface area contributed by atoms with Crippen molar-refractivity contribution < 1.29 is 9.18 Å². The van der Waals surface area contributed by atoms with Crippen molar-refractivity contribution in [2.75, 3.05) is 7.05 Å². The topological polar surface area (TPSA) is 33.2 Å². The molecular formula is C19H17FN2OS2. The molecular weight excluding hydrogens is 355 g/mol. The molecule has 0 aliphatic heterocycles. The minimum atomic E-state index is -0.298. The monoisotopic (exact) mass is 372 g/mol. The van der Waals surface area contributed by atoms with Crippen LogP contribution in [0.15, 0.2) is 64.3 Å². The fraction of sp³-hybridized carbons (Fsp3) is 0.158. The molecule has 25 heavy (non-hydrogen) atoms. The molecule has 128 valence electrons. The molecule has 2 aromatic carbocycles. The van der Waals surface area contributed by atoms with Gasteiger partial charge in [0.2, 0.25) is 0 Å². The molecule has 0 aliphatic rings. The number of thioether (sulfide) groups is 1. The van der Waals surface area contributed by atoms with Crippen molar-refractivity contribution in [2.24, 2.45) is 0 Å². The SMILES string of the molecule is CN(Cc1ccccc1F)C(=O)c1ccccc1SCc1cscn1. The summed E-state index contributed by atoms with van der Waals surface area (Å²) in [5.41, 5.74) is 3.93. The number of carbonyl (C=O) groups is 1. The Kier molecular flexibility index (Phi) is 5.83. The Balaban J connectivity index is 1.74. The van der Waals surface area contributed by atoms with Crippen LogP contribution in [0.2, 0.25) is 0 Å². The predicted molar refractivity (Wildman–Crippen MR) is 100 cm³/mol. The molecule has 3 nitrogen and oxygen atoms in total. The van der Waals surface area contributed by atoms with Gasteiger partial charge in [-0.25, -0.2) is 9.37 Å². The number of nitrogens with zero attached hydrogens (tertiary/aromatic N) is 2. The first-order valence-electron chi connectivity index (χ1n) is 7.73. The predicted octanol–water partition coefficient (Wildman–Crippen LogP) is 4.85. The maximum absolute atomic E-state index is 13.8. The summed E-state index contributed by atoms with van der Waals surface area (Å²) in [7, 11) is 1.69. The largest absolute Gasteiger partial charge is 0.337 e.